The van der Waals surface area contributed by atoms with Gasteiger partial charge in [-0.2, -0.15) is 0 Å². The lowest BCUT2D eigenvalue weighted by Crippen LogP contribution is -2.72. The topological polar surface area (TPSA) is 30.7 Å². The highest BCUT2D eigenvalue weighted by atomic mass is 28.3. The monoisotopic (exact) mass is 665 g/mol. The summed E-state index contributed by atoms with van der Waals surface area (Å²) in [5.74, 6) is 0.729. The van der Waals surface area contributed by atoms with Crippen LogP contribution >= 0.6 is 0 Å². The predicted molar refractivity (Wildman–Crippen MR) is 213 cm³/mol. The van der Waals surface area contributed by atoms with Crippen molar-refractivity contribution in [1.29, 1.82) is 0 Å². The van der Waals surface area contributed by atoms with Gasteiger partial charge in [0.05, 0.1) is 5.52 Å². The molecule has 3 heterocycles. The summed E-state index contributed by atoms with van der Waals surface area (Å²) in [6.45, 7) is 0. The van der Waals surface area contributed by atoms with Crippen LogP contribution in [0.1, 0.15) is 11.1 Å². The Morgan fingerprint density at radius 3 is 1.90 bits per heavy atom. The minimum Gasteiger partial charge on any atom is -0.294 e. The largest absolute Gasteiger partial charge is 0.294 e. The Morgan fingerprint density at radius 1 is 0.490 bits per heavy atom. The van der Waals surface area contributed by atoms with Crippen molar-refractivity contribution in [3.8, 4) is 39.3 Å². The number of fused-ring (bicyclic) bond motifs is 9. The molecule has 1 aliphatic heterocycles. The van der Waals surface area contributed by atoms with Gasteiger partial charge in [0.2, 0.25) is 0 Å². The Kier molecular flexibility index (Phi) is 6.04. The van der Waals surface area contributed by atoms with Crippen molar-refractivity contribution in [3.05, 3.63) is 187 Å². The van der Waals surface area contributed by atoms with Crippen LogP contribution in [0, 0.1) is 0 Å². The second-order valence-electron chi connectivity index (χ2n) is 13.7. The highest BCUT2D eigenvalue weighted by Gasteiger charge is 2.48. The van der Waals surface area contributed by atoms with E-state index in [0.29, 0.717) is 0 Å². The molecule has 0 saturated heterocycles. The average Bonchev–Trinajstić information content (AvgIpc) is 3.84. The van der Waals surface area contributed by atoms with E-state index in [0.717, 1.165) is 45.4 Å². The predicted octanol–water partition coefficient (Wildman–Crippen LogP) is 8.17. The molecule has 0 radical (unpaired) electrons. The Balaban J connectivity index is 1.08. The maximum Gasteiger partial charge on any atom is 0.180 e. The van der Waals surface area contributed by atoms with Crippen molar-refractivity contribution in [2.45, 2.75) is 6.42 Å². The lowest BCUT2D eigenvalue weighted by Gasteiger charge is -2.31. The summed E-state index contributed by atoms with van der Waals surface area (Å²) in [5, 5.41) is 7.87. The second-order valence-corrected chi connectivity index (χ2v) is 17.5. The third-order valence-electron chi connectivity index (χ3n) is 11.2. The third kappa shape index (κ3) is 3.99. The Labute approximate surface area is 297 Å². The standard InChI is InChI=1S/C47H31N3Si/c1-2-13-35(14-3-1)51(44-20-10-7-17-39(44)40-18-8-11-21-45(40)51)36-26-23-31(24-27-36)46-48-30-42-38-16-6-9-19-43(38)50(47(42)49-46)34-25-22-33-28-32-12-4-5-15-37(32)41(33)29-34/h1-27,29-30H,28H2. The van der Waals surface area contributed by atoms with Gasteiger partial charge in [0.1, 0.15) is 5.65 Å². The average molecular weight is 666 g/mol. The van der Waals surface area contributed by atoms with E-state index in [1.165, 1.54) is 54.1 Å². The second kappa shape index (κ2) is 10.8. The summed E-state index contributed by atoms with van der Waals surface area (Å²) in [6.07, 6.45) is 2.99. The summed E-state index contributed by atoms with van der Waals surface area (Å²) < 4.78 is 2.31. The van der Waals surface area contributed by atoms with E-state index in [2.05, 4.69) is 174 Å². The normalized spacial score (nSPS) is 13.6. The fourth-order valence-corrected chi connectivity index (χ4v) is 14.1. The fourth-order valence-electron chi connectivity index (χ4n) is 8.98. The lowest BCUT2D eigenvalue weighted by molar-refractivity contribution is 1.11. The summed E-state index contributed by atoms with van der Waals surface area (Å²) in [6, 6.07) is 62.6. The molecule has 4 heteroatoms. The number of benzene rings is 7. The molecule has 1 aliphatic carbocycles. The Hall–Kier alpha value is -6.36. The molecular formula is C47H31N3Si. The zero-order valence-corrected chi connectivity index (χ0v) is 28.8. The van der Waals surface area contributed by atoms with Crippen molar-refractivity contribution in [2.24, 2.45) is 0 Å². The van der Waals surface area contributed by atoms with Crippen molar-refractivity contribution in [2.75, 3.05) is 0 Å². The van der Waals surface area contributed by atoms with Crippen molar-refractivity contribution in [1.82, 2.24) is 14.5 Å². The number of hydrogen-bond donors (Lipinski definition) is 0. The summed E-state index contributed by atoms with van der Waals surface area (Å²) in [7, 11) is -2.55. The number of nitrogens with zero attached hydrogens (tertiary/aromatic N) is 3. The number of hydrogen-bond acceptors (Lipinski definition) is 2. The molecule has 11 rings (SSSR count). The quantitative estimate of drug-likeness (QED) is 0.178. The molecule has 0 atom stereocenters. The van der Waals surface area contributed by atoms with Crippen LogP contribution in [-0.2, 0) is 6.42 Å². The van der Waals surface area contributed by atoms with Gasteiger partial charge in [0.15, 0.2) is 13.9 Å². The molecule has 0 fully saturated rings. The number of rotatable bonds is 4. The highest BCUT2D eigenvalue weighted by molar-refractivity contribution is 7.22. The molecule has 0 spiro atoms. The SMILES string of the molecule is c1ccc([Si]2(c3ccc(-c4ncc5c6ccccc6n(-c6ccc7c(c6)-c6ccccc6C7)c5n4)cc3)c3ccccc3-c3ccccc32)cc1. The van der Waals surface area contributed by atoms with Crippen LogP contribution in [-0.4, -0.2) is 22.6 Å². The first-order valence-corrected chi connectivity index (χ1v) is 19.6. The van der Waals surface area contributed by atoms with E-state index in [-0.39, 0.29) is 0 Å². The molecule has 0 N–H and O–H groups in total. The zero-order valence-electron chi connectivity index (χ0n) is 27.8. The van der Waals surface area contributed by atoms with Gasteiger partial charge in [-0.25, -0.2) is 9.97 Å². The van der Waals surface area contributed by atoms with Crippen molar-refractivity contribution in [3.63, 3.8) is 0 Å². The van der Waals surface area contributed by atoms with Crippen LogP contribution in [0.25, 0.3) is 61.3 Å². The first-order chi connectivity index (χ1) is 25.3. The van der Waals surface area contributed by atoms with Crippen LogP contribution in [0.15, 0.2) is 176 Å². The van der Waals surface area contributed by atoms with Crippen LogP contribution in [0.2, 0.25) is 0 Å². The van der Waals surface area contributed by atoms with Gasteiger partial charge in [-0.1, -0.05) is 152 Å². The van der Waals surface area contributed by atoms with E-state index in [1.54, 1.807) is 0 Å². The van der Waals surface area contributed by atoms with Gasteiger partial charge < -0.3 is 0 Å². The van der Waals surface area contributed by atoms with Gasteiger partial charge in [-0.05, 0) is 78.7 Å². The minimum atomic E-state index is -2.55. The smallest absolute Gasteiger partial charge is 0.180 e. The molecule has 3 nitrogen and oxygen atoms in total. The van der Waals surface area contributed by atoms with E-state index in [1.807, 2.05) is 6.20 Å². The van der Waals surface area contributed by atoms with Gasteiger partial charge in [0.25, 0.3) is 0 Å². The number of aromatic nitrogens is 3. The molecule has 0 amide bonds. The minimum absolute atomic E-state index is 0.729. The van der Waals surface area contributed by atoms with Crippen molar-refractivity contribution >= 4 is 50.8 Å². The molecule has 0 saturated carbocycles. The molecule has 238 valence electrons. The molecule has 0 bridgehead atoms. The summed E-state index contributed by atoms with van der Waals surface area (Å²) in [4.78, 5) is 10.3. The summed E-state index contributed by atoms with van der Waals surface area (Å²) >= 11 is 0. The van der Waals surface area contributed by atoms with E-state index in [9.17, 15) is 0 Å². The molecule has 51 heavy (non-hydrogen) atoms. The van der Waals surface area contributed by atoms with Crippen LogP contribution < -0.4 is 20.7 Å². The molecule has 2 aromatic heterocycles. The maximum atomic E-state index is 5.33. The van der Waals surface area contributed by atoms with Crippen LogP contribution in [0.3, 0.4) is 0 Å². The molecule has 2 aliphatic rings. The molecule has 0 unspecified atom stereocenters. The zero-order chi connectivity index (χ0) is 33.5. The van der Waals surface area contributed by atoms with E-state index < -0.39 is 8.07 Å². The fraction of sp³-hybridized carbons (Fsp3) is 0.0213. The summed E-state index contributed by atoms with van der Waals surface area (Å²) in [5.41, 5.74) is 12.3. The Bertz CT molecular complexity index is 2790. The van der Waals surface area contributed by atoms with Gasteiger partial charge in [0, 0.05) is 28.2 Å². The van der Waals surface area contributed by atoms with E-state index in [4.69, 9.17) is 9.97 Å². The van der Waals surface area contributed by atoms with E-state index >= 15 is 0 Å². The van der Waals surface area contributed by atoms with Gasteiger partial charge >= 0.3 is 0 Å². The first kappa shape index (κ1) is 28.5. The lowest BCUT2D eigenvalue weighted by atomic mass is 10.1. The van der Waals surface area contributed by atoms with Gasteiger partial charge in [-0.3, -0.25) is 4.57 Å². The maximum absolute atomic E-state index is 5.33. The molecule has 9 aromatic rings. The number of para-hydroxylation sites is 1. The highest BCUT2D eigenvalue weighted by Crippen LogP contribution is 2.39. The molecular weight excluding hydrogens is 635 g/mol. The van der Waals surface area contributed by atoms with Crippen LogP contribution in [0.5, 0.6) is 0 Å². The van der Waals surface area contributed by atoms with Gasteiger partial charge in [-0.15, -0.1) is 0 Å². The third-order valence-corrected chi connectivity index (χ3v) is 16.1. The first-order valence-electron chi connectivity index (χ1n) is 17.6. The van der Waals surface area contributed by atoms with Crippen molar-refractivity contribution < 1.29 is 0 Å². The molecule has 7 aromatic carbocycles. The van der Waals surface area contributed by atoms with Crippen LogP contribution in [0.4, 0.5) is 0 Å². The Morgan fingerprint density at radius 2 is 1.12 bits per heavy atom.